The second-order valence-electron chi connectivity index (χ2n) is 5.64. The lowest BCUT2D eigenvalue weighted by atomic mass is 10.2. The van der Waals surface area contributed by atoms with Crippen molar-refractivity contribution in [1.82, 2.24) is 19.1 Å². The quantitative estimate of drug-likeness (QED) is 0.788. The number of imidazole rings is 2. The number of amides is 1. The summed E-state index contributed by atoms with van der Waals surface area (Å²) >= 11 is 0. The van der Waals surface area contributed by atoms with Gasteiger partial charge in [0, 0.05) is 42.1 Å². The maximum Gasteiger partial charge on any atom is 0.244 e. The number of nitrogens with zero attached hydrogens (tertiary/aromatic N) is 4. The molecular weight excluding hydrogens is 290 g/mol. The van der Waals surface area contributed by atoms with Crippen LogP contribution in [-0.2, 0) is 11.3 Å². The first-order chi connectivity index (χ1) is 11.1. The summed E-state index contributed by atoms with van der Waals surface area (Å²) in [6.45, 7) is 4.48. The van der Waals surface area contributed by atoms with Crippen molar-refractivity contribution in [2.24, 2.45) is 0 Å². The monoisotopic (exact) mass is 309 g/mol. The van der Waals surface area contributed by atoms with Gasteiger partial charge < -0.3 is 14.5 Å². The van der Waals surface area contributed by atoms with Crippen LogP contribution in [0.4, 0.5) is 5.69 Å². The number of rotatable bonds is 5. The molecule has 3 rings (SSSR count). The second kappa shape index (κ2) is 6.48. The summed E-state index contributed by atoms with van der Waals surface area (Å²) in [5, 5.41) is 2.88. The molecule has 2 heterocycles. The van der Waals surface area contributed by atoms with Crippen LogP contribution in [0.5, 0.6) is 0 Å². The van der Waals surface area contributed by atoms with Crippen LogP contribution >= 0.6 is 0 Å². The van der Waals surface area contributed by atoms with E-state index in [4.69, 9.17) is 0 Å². The van der Waals surface area contributed by atoms with E-state index in [0.29, 0.717) is 5.92 Å². The number of benzene rings is 1. The van der Waals surface area contributed by atoms with Gasteiger partial charge in [-0.1, -0.05) is 13.8 Å². The average molecular weight is 309 g/mol. The number of carbonyl (C=O) groups excluding carboxylic acids is 1. The van der Waals surface area contributed by atoms with Crippen molar-refractivity contribution in [3.63, 3.8) is 0 Å². The summed E-state index contributed by atoms with van der Waals surface area (Å²) in [7, 11) is 0. The standard InChI is InChI=1S/C17H19N5O/c1-13(2)17-19-8-10-22(17)15-5-3-14(4-6-15)20-16(23)11-21-9-7-18-12-21/h3-10,12-13H,11H2,1-2H3,(H,20,23). The van der Waals surface area contributed by atoms with Gasteiger partial charge in [-0.2, -0.15) is 0 Å². The van der Waals surface area contributed by atoms with Crippen molar-refractivity contribution in [3.05, 3.63) is 61.2 Å². The van der Waals surface area contributed by atoms with Crippen molar-refractivity contribution in [2.45, 2.75) is 26.3 Å². The predicted molar refractivity (Wildman–Crippen MR) is 88.5 cm³/mol. The van der Waals surface area contributed by atoms with Crippen LogP contribution in [0.1, 0.15) is 25.6 Å². The van der Waals surface area contributed by atoms with Crippen molar-refractivity contribution in [1.29, 1.82) is 0 Å². The summed E-state index contributed by atoms with van der Waals surface area (Å²) in [6, 6.07) is 7.73. The molecule has 0 saturated heterocycles. The molecule has 118 valence electrons. The minimum Gasteiger partial charge on any atom is -0.328 e. The van der Waals surface area contributed by atoms with Gasteiger partial charge in [0.05, 0.1) is 6.33 Å². The zero-order valence-electron chi connectivity index (χ0n) is 13.2. The Hall–Kier alpha value is -2.89. The third-order valence-electron chi connectivity index (χ3n) is 3.50. The first-order valence-electron chi connectivity index (χ1n) is 7.53. The molecule has 0 aliphatic carbocycles. The molecule has 0 radical (unpaired) electrons. The summed E-state index contributed by atoms with van der Waals surface area (Å²) in [4.78, 5) is 20.3. The van der Waals surface area contributed by atoms with E-state index in [2.05, 4.69) is 33.7 Å². The van der Waals surface area contributed by atoms with E-state index < -0.39 is 0 Å². The summed E-state index contributed by atoms with van der Waals surface area (Å²) < 4.78 is 3.78. The van der Waals surface area contributed by atoms with E-state index in [9.17, 15) is 4.79 Å². The Kier molecular flexibility index (Phi) is 4.23. The lowest BCUT2D eigenvalue weighted by Gasteiger charge is -2.11. The van der Waals surface area contributed by atoms with Gasteiger partial charge in [-0.3, -0.25) is 4.79 Å². The van der Waals surface area contributed by atoms with Crippen LogP contribution in [0.15, 0.2) is 55.4 Å². The predicted octanol–water partition coefficient (Wildman–Crippen LogP) is 2.83. The minimum atomic E-state index is -0.0822. The molecule has 0 unspecified atom stereocenters. The number of nitrogens with one attached hydrogen (secondary N) is 1. The number of anilines is 1. The topological polar surface area (TPSA) is 64.7 Å². The van der Waals surface area contributed by atoms with Gasteiger partial charge in [-0.05, 0) is 24.3 Å². The normalized spacial score (nSPS) is 10.9. The average Bonchev–Trinajstić information content (AvgIpc) is 3.18. The van der Waals surface area contributed by atoms with Crippen LogP contribution < -0.4 is 5.32 Å². The molecule has 0 saturated carbocycles. The number of aromatic nitrogens is 4. The molecule has 0 atom stereocenters. The Labute approximate surface area is 134 Å². The minimum absolute atomic E-state index is 0.0822. The van der Waals surface area contributed by atoms with Crippen LogP contribution in [0, 0.1) is 0 Å². The molecule has 23 heavy (non-hydrogen) atoms. The van der Waals surface area contributed by atoms with Crippen LogP contribution in [0.3, 0.4) is 0 Å². The lowest BCUT2D eigenvalue weighted by molar-refractivity contribution is -0.116. The summed E-state index contributed by atoms with van der Waals surface area (Å²) in [5.41, 5.74) is 1.80. The lowest BCUT2D eigenvalue weighted by Crippen LogP contribution is -2.17. The molecule has 1 amide bonds. The molecule has 3 aromatic rings. The van der Waals surface area contributed by atoms with Crippen molar-refractivity contribution in [2.75, 3.05) is 5.32 Å². The number of hydrogen-bond donors (Lipinski definition) is 1. The van der Waals surface area contributed by atoms with Gasteiger partial charge in [-0.15, -0.1) is 0 Å². The summed E-state index contributed by atoms with van der Waals surface area (Å²) in [5.74, 6) is 1.28. The first-order valence-corrected chi connectivity index (χ1v) is 7.53. The molecule has 1 N–H and O–H groups in total. The van der Waals surface area contributed by atoms with Gasteiger partial charge in [0.25, 0.3) is 0 Å². The molecule has 1 aromatic carbocycles. The third-order valence-corrected chi connectivity index (χ3v) is 3.50. The fourth-order valence-electron chi connectivity index (χ4n) is 2.41. The zero-order valence-corrected chi connectivity index (χ0v) is 13.2. The Morgan fingerprint density at radius 2 is 1.96 bits per heavy atom. The molecule has 6 heteroatoms. The van der Waals surface area contributed by atoms with Gasteiger partial charge in [0.2, 0.25) is 5.91 Å². The van der Waals surface area contributed by atoms with Crippen molar-refractivity contribution < 1.29 is 4.79 Å². The van der Waals surface area contributed by atoms with Gasteiger partial charge in [0.1, 0.15) is 12.4 Å². The fraction of sp³-hybridized carbons (Fsp3) is 0.235. The fourth-order valence-corrected chi connectivity index (χ4v) is 2.41. The molecular formula is C17H19N5O. The SMILES string of the molecule is CC(C)c1nccn1-c1ccc(NC(=O)Cn2ccnc2)cc1. The van der Waals surface area contributed by atoms with Gasteiger partial charge in [-0.25, -0.2) is 9.97 Å². The summed E-state index contributed by atoms with van der Waals surface area (Å²) in [6.07, 6.45) is 8.78. The van der Waals surface area contributed by atoms with E-state index in [1.54, 1.807) is 29.5 Å². The molecule has 2 aromatic heterocycles. The van der Waals surface area contributed by atoms with Gasteiger partial charge in [0.15, 0.2) is 0 Å². The highest BCUT2D eigenvalue weighted by atomic mass is 16.1. The van der Waals surface area contributed by atoms with E-state index in [0.717, 1.165) is 17.2 Å². The highest BCUT2D eigenvalue weighted by Crippen LogP contribution is 2.19. The third kappa shape index (κ3) is 3.48. The van der Waals surface area contributed by atoms with Crippen molar-refractivity contribution >= 4 is 11.6 Å². The van der Waals surface area contributed by atoms with E-state index in [1.165, 1.54) is 0 Å². The Morgan fingerprint density at radius 1 is 1.17 bits per heavy atom. The molecule has 0 aliphatic heterocycles. The molecule has 0 spiro atoms. The highest BCUT2D eigenvalue weighted by Gasteiger charge is 2.09. The Bertz CT molecular complexity index is 772. The van der Waals surface area contributed by atoms with Crippen LogP contribution in [0.2, 0.25) is 0 Å². The highest BCUT2D eigenvalue weighted by molar-refractivity contribution is 5.90. The smallest absolute Gasteiger partial charge is 0.244 e. The van der Waals surface area contributed by atoms with Crippen molar-refractivity contribution in [3.8, 4) is 5.69 Å². The van der Waals surface area contributed by atoms with E-state index in [1.807, 2.05) is 30.5 Å². The largest absolute Gasteiger partial charge is 0.328 e. The van der Waals surface area contributed by atoms with Gasteiger partial charge >= 0.3 is 0 Å². The number of hydrogen-bond acceptors (Lipinski definition) is 3. The molecule has 6 nitrogen and oxygen atoms in total. The second-order valence-corrected chi connectivity index (χ2v) is 5.64. The van der Waals surface area contributed by atoms with Crippen LogP contribution in [0.25, 0.3) is 5.69 Å². The maximum absolute atomic E-state index is 12.0. The maximum atomic E-state index is 12.0. The van der Waals surface area contributed by atoms with Crippen LogP contribution in [-0.4, -0.2) is 25.0 Å². The van der Waals surface area contributed by atoms with E-state index in [-0.39, 0.29) is 12.5 Å². The zero-order chi connectivity index (χ0) is 16.2. The molecule has 0 bridgehead atoms. The van der Waals surface area contributed by atoms with E-state index >= 15 is 0 Å². The molecule has 0 aliphatic rings. The molecule has 0 fully saturated rings. The first kappa shape index (κ1) is 15.0. The Balaban J connectivity index is 1.69. The Morgan fingerprint density at radius 3 is 2.61 bits per heavy atom. The number of carbonyl (C=O) groups is 1.